The first-order valence-corrected chi connectivity index (χ1v) is 7.93. The molecule has 1 atom stereocenters. The first-order chi connectivity index (χ1) is 11.7. The van der Waals surface area contributed by atoms with Crippen molar-refractivity contribution < 1.29 is 19.6 Å². The van der Waals surface area contributed by atoms with Crippen molar-refractivity contribution in [3.63, 3.8) is 0 Å². The van der Waals surface area contributed by atoms with Gasteiger partial charge in [-0.05, 0) is 36.4 Å². The molecule has 0 radical (unpaired) electrons. The van der Waals surface area contributed by atoms with Gasteiger partial charge in [-0.15, -0.1) is 0 Å². The van der Waals surface area contributed by atoms with Crippen molar-refractivity contribution in [2.75, 3.05) is 18.6 Å². The van der Waals surface area contributed by atoms with E-state index in [1.807, 2.05) is 23.5 Å². The molecule has 0 spiro atoms. The highest BCUT2D eigenvalue weighted by Gasteiger charge is 2.42. The second-order valence-electron chi connectivity index (χ2n) is 5.67. The molecule has 2 heterocycles. The van der Waals surface area contributed by atoms with Gasteiger partial charge in [0.25, 0.3) is 5.91 Å². The lowest BCUT2D eigenvalue weighted by Crippen LogP contribution is -2.92. The Morgan fingerprint density at radius 2 is 2.00 bits per heavy atom. The van der Waals surface area contributed by atoms with Crippen LogP contribution < -0.4 is 15.0 Å². The van der Waals surface area contributed by atoms with Gasteiger partial charge in [-0.25, -0.2) is 4.90 Å². The fourth-order valence-corrected chi connectivity index (χ4v) is 2.82. The molecule has 2 aromatic rings. The maximum Gasteiger partial charge on any atom is 0.292 e. The summed E-state index contributed by atoms with van der Waals surface area (Å²) in [5.41, 5.74) is 1.57. The summed E-state index contributed by atoms with van der Waals surface area (Å²) in [6, 6.07) is 12.4. The summed E-state index contributed by atoms with van der Waals surface area (Å²) < 4.78 is 5.10. The van der Waals surface area contributed by atoms with E-state index in [9.17, 15) is 9.59 Å². The molecule has 3 rings (SSSR count). The largest absolute Gasteiger partial charge is 0.497 e. The highest BCUT2D eigenvalue weighted by Crippen LogP contribution is 2.24. The molecule has 1 fully saturated rings. The predicted molar refractivity (Wildman–Crippen MR) is 88.6 cm³/mol. The molecular weight excluding hydrogens is 306 g/mol. The third kappa shape index (κ3) is 3.44. The lowest BCUT2D eigenvalue weighted by molar-refractivity contribution is -0.674. The number of carbonyl (C=O) groups is 2. The number of amides is 2. The number of aromatic nitrogens is 1. The van der Waals surface area contributed by atoms with Crippen molar-refractivity contribution in [3.8, 4) is 5.75 Å². The number of methoxy groups -OCH3 is 1. The van der Waals surface area contributed by atoms with Gasteiger partial charge >= 0.3 is 0 Å². The highest BCUT2D eigenvalue weighted by molar-refractivity contribution is 6.21. The minimum Gasteiger partial charge on any atom is -0.497 e. The molecule has 0 aliphatic carbocycles. The number of nitrogens with two attached hydrogens (primary N) is 1. The van der Waals surface area contributed by atoms with Crippen LogP contribution >= 0.6 is 0 Å². The maximum absolute atomic E-state index is 12.5. The first-order valence-electron chi connectivity index (χ1n) is 7.93. The van der Waals surface area contributed by atoms with Crippen LogP contribution in [0.25, 0.3) is 0 Å². The number of anilines is 1. The normalized spacial score (nSPS) is 17.4. The Morgan fingerprint density at radius 3 is 2.67 bits per heavy atom. The number of rotatable bonds is 6. The number of nitrogens with zero attached hydrogens (tertiary/aromatic N) is 2. The average Bonchev–Trinajstić information content (AvgIpc) is 2.90. The number of quaternary nitrogens is 1. The van der Waals surface area contributed by atoms with Gasteiger partial charge in [0.2, 0.25) is 5.91 Å². The van der Waals surface area contributed by atoms with Crippen LogP contribution in [-0.2, 0) is 16.0 Å². The lowest BCUT2D eigenvalue weighted by Gasteiger charge is -2.14. The fraction of sp³-hybridized carbons (Fsp3) is 0.278. The number of carbonyl (C=O) groups excluding carboxylic acids is 2. The molecule has 2 amide bonds. The number of ether oxygens (including phenoxy) is 1. The molecule has 124 valence electrons. The number of imide groups is 1. The van der Waals surface area contributed by atoms with E-state index in [1.165, 1.54) is 4.90 Å². The highest BCUT2D eigenvalue weighted by atomic mass is 16.5. The second-order valence-corrected chi connectivity index (χ2v) is 5.67. The minimum absolute atomic E-state index is 0.161. The van der Waals surface area contributed by atoms with E-state index in [1.54, 1.807) is 37.6 Å². The zero-order valence-electron chi connectivity index (χ0n) is 13.5. The molecule has 1 aliphatic heterocycles. The van der Waals surface area contributed by atoms with E-state index in [0.717, 1.165) is 18.7 Å². The summed E-state index contributed by atoms with van der Waals surface area (Å²) in [6.45, 7) is 0.719. The Kier molecular flexibility index (Phi) is 4.86. The average molecular weight is 326 g/mol. The summed E-state index contributed by atoms with van der Waals surface area (Å²) in [6.07, 6.45) is 2.75. The third-order valence-electron chi connectivity index (χ3n) is 4.09. The van der Waals surface area contributed by atoms with Crippen LogP contribution in [0.2, 0.25) is 0 Å². The SMILES string of the molecule is COc1ccc(N2C(=O)C[C@H]([NH2+]CCc3ccccn3)C2=O)cc1. The molecule has 24 heavy (non-hydrogen) atoms. The van der Waals surface area contributed by atoms with Gasteiger partial charge < -0.3 is 10.1 Å². The first kappa shape index (κ1) is 16.1. The smallest absolute Gasteiger partial charge is 0.292 e. The molecule has 1 saturated heterocycles. The minimum atomic E-state index is -0.358. The van der Waals surface area contributed by atoms with Gasteiger partial charge in [-0.1, -0.05) is 6.07 Å². The van der Waals surface area contributed by atoms with Gasteiger partial charge in [-0.3, -0.25) is 14.6 Å². The topological polar surface area (TPSA) is 76.1 Å². The van der Waals surface area contributed by atoms with Gasteiger partial charge in [0.05, 0.1) is 25.8 Å². The summed E-state index contributed by atoms with van der Waals surface area (Å²) in [4.78, 5) is 30.3. The van der Waals surface area contributed by atoms with E-state index in [-0.39, 0.29) is 24.3 Å². The standard InChI is InChI=1S/C18H19N3O3/c1-24-15-7-5-14(6-8-15)21-17(22)12-16(18(21)23)20-11-9-13-4-2-3-10-19-13/h2-8,10,16,20H,9,11-12H2,1H3/p+1/t16-/m0/s1. The van der Waals surface area contributed by atoms with Crippen molar-refractivity contribution in [2.24, 2.45) is 0 Å². The van der Waals surface area contributed by atoms with Gasteiger partial charge in [0, 0.05) is 18.3 Å². The van der Waals surface area contributed by atoms with E-state index in [2.05, 4.69) is 4.98 Å². The number of pyridine rings is 1. The van der Waals surface area contributed by atoms with Crippen LogP contribution in [0.3, 0.4) is 0 Å². The zero-order chi connectivity index (χ0) is 16.9. The molecule has 0 bridgehead atoms. The van der Waals surface area contributed by atoms with E-state index < -0.39 is 0 Å². The second kappa shape index (κ2) is 7.23. The Labute approximate surface area is 140 Å². The van der Waals surface area contributed by atoms with Crippen molar-refractivity contribution in [1.82, 2.24) is 4.98 Å². The summed E-state index contributed by atoms with van der Waals surface area (Å²) >= 11 is 0. The Balaban J connectivity index is 1.61. The summed E-state index contributed by atoms with van der Waals surface area (Å²) in [5, 5.41) is 1.93. The van der Waals surface area contributed by atoms with Crippen LogP contribution in [-0.4, -0.2) is 36.5 Å². The molecule has 1 aromatic heterocycles. The Hall–Kier alpha value is -2.73. The molecule has 6 nitrogen and oxygen atoms in total. The monoisotopic (exact) mass is 326 g/mol. The van der Waals surface area contributed by atoms with Crippen LogP contribution in [0, 0.1) is 0 Å². The van der Waals surface area contributed by atoms with Crippen LogP contribution in [0.4, 0.5) is 5.69 Å². The van der Waals surface area contributed by atoms with Crippen molar-refractivity contribution in [3.05, 3.63) is 54.4 Å². The van der Waals surface area contributed by atoms with Crippen LogP contribution in [0.5, 0.6) is 5.75 Å². The fourth-order valence-electron chi connectivity index (χ4n) is 2.82. The van der Waals surface area contributed by atoms with Gasteiger partial charge in [0.1, 0.15) is 5.75 Å². The van der Waals surface area contributed by atoms with Crippen molar-refractivity contribution >= 4 is 17.5 Å². The van der Waals surface area contributed by atoms with Crippen molar-refractivity contribution in [2.45, 2.75) is 18.9 Å². The molecular formula is C18H20N3O3+. The molecule has 1 aromatic carbocycles. The lowest BCUT2D eigenvalue weighted by atomic mass is 10.2. The third-order valence-corrected chi connectivity index (χ3v) is 4.09. The molecule has 0 unspecified atom stereocenters. The molecule has 2 N–H and O–H groups in total. The Bertz CT molecular complexity index is 716. The molecule has 0 saturated carbocycles. The zero-order valence-corrected chi connectivity index (χ0v) is 13.5. The predicted octanol–water partition coefficient (Wildman–Crippen LogP) is 0.528. The van der Waals surface area contributed by atoms with Crippen molar-refractivity contribution in [1.29, 1.82) is 0 Å². The Morgan fingerprint density at radius 1 is 1.21 bits per heavy atom. The molecule has 6 heteroatoms. The number of benzene rings is 1. The van der Waals surface area contributed by atoms with Crippen LogP contribution in [0.15, 0.2) is 48.7 Å². The van der Waals surface area contributed by atoms with Gasteiger partial charge in [0.15, 0.2) is 6.04 Å². The van der Waals surface area contributed by atoms with E-state index in [4.69, 9.17) is 4.74 Å². The number of hydrogen-bond donors (Lipinski definition) is 1. The van der Waals surface area contributed by atoms with Crippen LogP contribution in [0.1, 0.15) is 12.1 Å². The molecule has 1 aliphatic rings. The summed E-state index contributed by atoms with van der Waals surface area (Å²) in [5.74, 6) is 0.367. The quantitative estimate of drug-likeness (QED) is 0.786. The number of hydrogen-bond acceptors (Lipinski definition) is 4. The maximum atomic E-state index is 12.5. The summed E-state index contributed by atoms with van der Waals surface area (Å²) in [7, 11) is 1.58. The van der Waals surface area contributed by atoms with E-state index >= 15 is 0 Å². The van der Waals surface area contributed by atoms with E-state index in [0.29, 0.717) is 11.4 Å². The van der Waals surface area contributed by atoms with Gasteiger partial charge in [-0.2, -0.15) is 0 Å².